The lowest BCUT2D eigenvalue weighted by Crippen LogP contribution is -2.17. The van der Waals surface area contributed by atoms with Gasteiger partial charge in [0.1, 0.15) is 29.4 Å². The van der Waals surface area contributed by atoms with E-state index in [1.807, 2.05) is 6.92 Å². The highest BCUT2D eigenvalue weighted by Crippen LogP contribution is 2.38. The first-order valence-electron chi connectivity index (χ1n) is 11.5. The molecule has 2 heterocycles. The van der Waals surface area contributed by atoms with Crippen LogP contribution in [0.25, 0.3) is 22.0 Å². The number of halogens is 3. The molecule has 0 aliphatic carbocycles. The fraction of sp³-hybridized carbons (Fsp3) is 0.240. The van der Waals surface area contributed by atoms with Crippen LogP contribution in [0.3, 0.4) is 0 Å². The molecule has 0 spiro atoms. The molecule has 0 radical (unpaired) electrons. The van der Waals surface area contributed by atoms with E-state index in [0.717, 1.165) is 12.1 Å². The second-order valence-corrected chi connectivity index (χ2v) is 9.95. The van der Waals surface area contributed by atoms with Crippen molar-refractivity contribution in [2.45, 2.75) is 26.7 Å². The van der Waals surface area contributed by atoms with Gasteiger partial charge in [0, 0.05) is 28.8 Å². The topological polar surface area (TPSA) is 106 Å². The predicted molar refractivity (Wildman–Crippen MR) is 136 cm³/mol. The van der Waals surface area contributed by atoms with Crippen molar-refractivity contribution in [3.8, 4) is 16.9 Å². The van der Waals surface area contributed by atoms with E-state index in [1.165, 1.54) is 18.6 Å². The van der Waals surface area contributed by atoms with Crippen molar-refractivity contribution in [2.75, 3.05) is 22.4 Å². The van der Waals surface area contributed by atoms with Crippen LogP contribution in [0.15, 0.2) is 48.9 Å². The van der Waals surface area contributed by atoms with Gasteiger partial charge in [-0.3, -0.25) is 4.72 Å². The van der Waals surface area contributed by atoms with E-state index >= 15 is 4.39 Å². The number of ether oxygens (including phenoxy) is 1. The molecule has 0 atom stereocenters. The minimum absolute atomic E-state index is 0.0176. The van der Waals surface area contributed by atoms with Crippen LogP contribution in [0.4, 0.5) is 30.4 Å². The Balaban J connectivity index is 1.83. The predicted octanol–water partition coefficient (Wildman–Crippen LogP) is 5.79. The van der Waals surface area contributed by atoms with Gasteiger partial charge in [-0.25, -0.2) is 32.2 Å². The van der Waals surface area contributed by atoms with E-state index in [1.54, 1.807) is 25.1 Å². The highest BCUT2D eigenvalue weighted by atomic mass is 32.2. The molecular formula is C25H24F3N5O3S. The maximum absolute atomic E-state index is 15.2. The molecular weight excluding hydrogens is 507 g/mol. The molecule has 37 heavy (non-hydrogen) atoms. The monoisotopic (exact) mass is 531 g/mol. The van der Waals surface area contributed by atoms with E-state index in [4.69, 9.17) is 4.74 Å². The molecule has 194 valence electrons. The molecule has 0 aliphatic heterocycles. The van der Waals surface area contributed by atoms with Crippen molar-refractivity contribution in [3.05, 3.63) is 66.5 Å². The van der Waals surface area contributed by atoms with E-state index in [2.05, 4.69) is 25.0 Å². The maximum Gasteiger partial charge on any atom is 0.232 e. The van der Waals surface area contributed by atoms with Gasteiger partial charge < -0.3 is 10.1 Å². The van der Waals surface area contributed by atoms with E-state index in [9.17, 15) is 17.2 Å². The van der Waals surface area contributed by atoms with Gasteiger partial charge in [-0.05, 0) is 43.2 Å². The molecule has 2 aromatic carbocycles. The van der Waals surface area contributed by atoms with Crippen LogP contribution in [-0.2, 0) is 10.0 Å². The summed E-state index contributed by atoms with van der Waals surface area (Å²) < 4.78 is 76.7. The first kappa shape index (κ1) is 26.1. The molecule has 0 unspecified atom stereocenters. The van der Waals surface area contributed by atoms with Crippen molar-refractivity contribution in [1.29, 1.82) is 0 Å². The molecule has 0 bridgehead atoms. The number of nitrogens with one attached hydrogen (secondary N) is 2. The van der Waals surface area contributed by atoms with Gasteiger partial charge in [0.15, 0.2) is 5.82 Å². The fourth-order valence-corrected chi connectivity index (χ4v) is 4.80. The number of hydrogen-bond acceptors (Lipinski definition) is 7. The van der Waals surface area contributed by atoms with Gasteiger partial charge in [-0.15, -0.1) is 0 Å². The molecule has 2 N–H and O–H groups in total. The standard InChI is InChI=1S/C25H24F3N5O3S/c1-3-10-36-21-13-20-17(12-16(21)15-6-5-9-29-24(15)28)25(31-14-30-20)32-23-18(26)7-8-19(22(23)27)33-37(34,35)11-4-2/h5-9,12-14,33H,3-4,10-11H2,1-2H3,(H,30,31,32). The average Bonchev–Trinajstić information content (AvgIpc) is 2.87. The highest BCUT2D eigenvalue weighted by molar-refractivity contribution is 7.92. The smallest absolute Gasteiger partial charge is 0.232 e. The highest BCUT2D eigenvalue weighted by Gasteiger charge is 2.21. The second kappa shape index (κ2) is 11.0. The number of benzene rings is 2. The molecule has 0 fully saturated rings. The van der Waals surface area contributed by atoms with Crippen molar-refractivity contribution in [2.24, 2.45) is 0 Å². The molecule has 0 amide bonds. The quantitative estimate of drug-likeness (QED) is 0.249. The minimum atomic E-state index is -3.82. The Morgan fingerprint density at radius 1 is 0.973 bits per heavy atom. The third kappa shape index (κ3) is 5.74. The minimum Gasteiger partial charge on any atom is -0.493 e. The van der Waals surface area contributed by atoms with Gasteiger partial charge in [0.05, 0.1) is 23.6 Å². The number of nitrogens with zero attached hydrogens (tertiary/aromatic N) is 3. The average molecular weight is 532 g/mol. The number of anilines is 3. The van der Waals surface area contributed by atoms with Crippen LogP contribution in [0, 0.1) is 17.6 Å². The summed E-state index contributed by atoms with van der Waals surface area (Å²) in [5.41, 5.74) is -0.139. The normalized spacial score (nSPS) is 11.5. The molecule has 0 saturated carbocycles. The number of rotatable bonds is 10. The van der Waals surface area contributed by atoms with Gasteiger partial charge >= 0.3 is 0 Å². The van der Waals surface area contributed by atoms with E-state index < -0.39 is 39.0 Å². The number of fused-ring (bicyclic) bond motifs is 1. The van der Waals surface area contributed by atoms with E-state index in [0.29, 0.717) is 41.7 Å². The lowest BCUT2D eigenvalue weighted by atomic mass is 10.0. The van der Waals surface area contributed by atoms with E-state index in [-0.39, 0.29) is 17.1 Å². The third-order valence-electron chi connectivity index (χ3n) is 5.32. The van der Waals surface area contributed by atoms with Gasteiger partial charge in [-0.2, -0.15) is 4.39 Å². The zero-order valence-corrected chi connectivity index (χ0v) is 20.9. The Morgan fingerprint density at radius 3 is 2.51 bits per heavy atom. The number of aromatic nitrogens is 3. The largest absolute Gasteiger partial charge is 0.493 e. The van der Waals surface area contributed by atoms with Crippen LogP contribution in [0.5, 0.6) is 5.75 Å². The number of sulfonamides is 1. The van der Waals surface area contributed by atoms with Crippen LogP contribution in [0.2, 0.25) is 0 Å². The van der Waals surface area contributed by atoms with Crippen LogP contribution < -0.4 is 14.8 Å². The summed E-state index contributed by atoms with van der Waals surface area (Å²) in [6.45, 7) is 3.96. The Bertz CT molecular complexity index is 1550. The first-order chi connectivity index (χ1) is 17.7. The Kier molecular flexibility index (Phi) is 7.77. The van der Waals surface area contributed by atoms with Gasteiger partial charge in [0.2, 0.25) is 16.0 Å². The molecule has 4 aromatic rings. The zero-order chi connectivity index (χ0) is 26.6. The van der Waals surface area contributed by atoms with Crippen LogP contribution >= 0.6 is 0 Å². The summed E-state index contributed by atoms with van der Waals surface area (Å²) in [5, 5.41) is 2.93. The fourth-order valence-electron chi connectivity index (χ4n) is 3.66. The SMILES string of the molecule is CCCOc1cc2ncnc(Nc3c(F)ccc(NS(=O)(=O)CCC)c3F)c2cc1-c1cccnc1F. The molecule has 8 nitrogen and oxygen atoms in total. The zero-order valence-electron chi connectivity index (χ0n) is 20.1. The second-order valence-electron chi connectivity index (χ2n) is 8.11. The van der Waals surface area contributed by atoms with Gasteiger partial charge in [-0.1, -0.05) is 13.8 Å². The van der Waals surface area contributed by atoms with Crippen molar-refractivity contribution >= 4 is 38.1 Å². The van der Waals surface area contributed by atoms with Gasteiger partial charge in [0.25, 0.3) is 0 Å². The van der Waals surface area contributed by atoms with Crippen LogP contribution in [0.1, 0.15) is 26.7 Å². The summed E-state index contributed by atoms with van der Waals surface area (Å²) in [5.74, 6) is -2.69. The summed E-state index contributed by atoms with van der Waals surface area (Å²) in [4.78, 5) is 12.0. The third-order valence-corrected chi connectivity index (χ3v) is 6.80. The summed E-state index contributed by atoms with van der Waals surface area (Å²) in [7, 11) is -3.82. The molecule has 12 heteroatoms. The Hall–Kier alpha value is -3.93. The first-order valence-corrected chi connectivity index (χ1v) is 13.2. The number of hydrogen-bond donors (Lipinski definition) is 2. The lowest BCUT2D eigenvalue weighted by molar-refractivity contribution is 0.319. The van der Waals surface area contributed by atoms with Crippen molar-refractivity contribution < 1.29 is 26.3 Å². The van der Waals surface area contributed by atoms with Crippen LogP contribution in [-0.4, -0.2) is 35.7 Å². The summed E-state index contributed by atoms with van der Waals surface area (Å²) in [6, 6.07) is 8.18. The Morgan fingerprint density at radius 2 is 1.78 bits per heavy atom. The van der Waals surface area contributed by atoms with Crippen molar-refractivity contribution in [3.63, 3.8) is 0 Å². The number of pyridine rings is 1. The maximum atomic E-state index is 15.2. The molecule has 4 rings (SSSR count). The lowest BCUT2D eigenvalue weighted by Gasteiger charge is -2.16. The summed E-state index contributed by atoms with van der Waals surface area (Å²) >= 11 is 0. The summed E-state index contributed by atoms with van der Waals surface area (Å²) in [6.07, 6.45) is 3.54. The Labute approximate surface area is 212 Å². The molecule has 0 aliphatic rings. The molecule has 2 aromatic heterocycles. The van der Waals surface area contributed by atoms with Crippen molar-refractivity contribution in [1.82, 2.24) is 15.0 Å². The molecule has 0 saturated heterocycles.